The van der Waals surface area contributed by atoms with Gasteiger partial charge in [-0.1, -0.05) is 15.9 Å². The number of rotatable bonds is 3. The van der Waals surface area contributed by atoms with E-state index in [0.717, 1.165) is 16.5 Å². The number of hydrogen-bond donors (Lipinski definition) is 0. The van der Waals surface area contributed by atoms with Crippen LogP contribution in [0.1, 0.15) is 18.9 Å². The average molecular weight is 266 g/mol. The lowest BCUT2D eigenvalue weighted by molar-refractivity contribution is 0.603. The molecule has 1 aromatic rings. The molecular formula is C10H11BrClF. The summed E-state index contributed by atoms with van der Waals surface area (Å²) in [6, 6.07) is 4.97. The Balaban J connectivity index is 2.70. The maximum atomic E-state index is 13.2. The molecule has 0 saturated heterocycles. The second kappa shape index (κ2) is 4.97. The van der Waals surface area contributed by atoms with E-state index in [4.69, 9.17) is 11.6 Å². The summed E-state index contributed by atoms with van der Waals surface area (Å²) in [5.74, 6) is -0.152. The van der Waals surface area contributed by atoms with Crippen LogP contribution in [-0.2, 0) is 6.42 Å². The Bertz CT molecular complexity index is 286. The molecule has 0 radical (unpaired) electrons. The van der Waals surface area contributed by atoms with Gasteiger partial charge in [-0.2, -0.15) is 0 Å². The van der Waals surface area contributed by atoms with Gasteiger partial charge in [0, 0.05) is 9.85 Å². The number of aryl methyl sites for hydroxylation is 1. The fourth-order valence-electron chi connectivity index (χ4n) is 1.09. The Labute approximate surface area is 91.2 Å². The van der Waals surface area contributed by atoms with Crippen molar-refractivity contribution in [3.8, 4) is 0 Å². The van der Waals surface area contributed by atoms with Gasteiger partial charge in [0.15, 0.2) is 0 Å². The minimum absolute atomic E-state index is 0.0957. The second-order valence-corrected chi connectivity index (χ2v) is 4.72. The van der Waals surface area contributed by atoms with Crippen LogP contribution in [0.5, 0.6) is 0 Å². The van der Waals surface area contributed by atoms with Gasteiger partial charge < -0.3 is 0 Å². The van der Waals surface area contributed by atoms with Crippen LogP contribution in [0.3, 0.4) is 0 Å². The van der Waals surface area contributed by atoms with Crippen LogP contribution >= 0.6 is 27.5 Å². The standard InChI is InChI=1S/C10H11BrClF/c1-7(12)2-3-8-6-9(11)4-5-10(8)13/h4-7H,2-3H2,1H3. The molecule has 1 aromatic carbocycles. The molecule has 0 saturated carbocycles. The molecule has 72 valence electrons. The summed E-state index contributed by atoms with van der Waals surface area (Å²) in [7, 11) is 0. The predicted octanol–water partition coefficient (Wildman–Crippen LogP) is 4.15. The van der Waals surface area contributed by atoms with Gasteiger partial charge in [-0.25, -0.2) is 4.39 Å². The van der Waals surface area contributed by atoms with Crippen molar-refractivity contribution in [1.82, 2.24) is 0 Å². The zero-order valence-electron chi connectivity index (χ0n) is 7.36. The van der Waals surface area contributed by atoms with Crippen molar-refractivity contribution in [3.63, 3.8) is 0 Å². The minimum atomic E-state index is -0.152. The van der Waals surface area contributed by atoms with Crippen molar-refractivity contribution >= 4 is 27.5 Å². The maximum absolute atomic E-state index is 13.2. The third kappa shape index (κ3) is 3.65. The Kier molecular flexibility index (Phi) is 4.20. The lowest BCUT2D eigenvalue weighted by atomic mass is 10.1. The van der Waals surface area contributed by atoms with Gasteiger partial charge in [0.1, 0.15) is 5.82 Å². The van der Waals surface area contributed by atoms with Crippen molar-refractivity contribution < 1.29 is 4.39 Å². The lowest BCUT2D eigenvalue weighted by Crippen LogP contribution is -1.97. The van der Waals surface area contributed by atoms with Gasteiger partial charge in [0.05, 0.1) is 0 Å². The average Bonchev–Trinajstić information content (AvgIpc) is 2.06. The molecule has 0 bridgehead atoms. The van der Waals surface area contributed by atoms with E-state index in [1.54, 1.807) is 12.1 Å². The molecule has 13 heavy (non-hydrogen) atoms. The number of benzene rings is 1. The monoisotopic (exact) mass is 264 g/mol. The highest BCUT2D eigenvalue weighted by molar-refractivity contribution is 9.10. The Hall–Kier alpha value is -0.0800. The van der Waals surface area contributed by atoms with Crippen LogP contribution < -0.4 is 0 Å². The number of hydrogen-bond acceptors (Lipinski definition) is 0. The van der Waals surface area contributed by atoms with E-state index in [0.29, 0.717) is 6.42 Å². The first-order valence-electron chi connectivity index (χ1n) is 4.17. The largest absolute Gasteiger partial charge is 0.207 e. The van der Waals surface area contributed by atoms with E-state index >= 15 is 0 Å². The summed E-state index contributed by atoms with van der Waals surface area (Å²) < 4.78 is 14.1. The van der Waals surface area contributed by atoms with Crippen LogP contribution in [0, 0.1) is 5.82 Å². The molecule has 3 heteroatoms. The zero-order valence-corrected chi connectivity index (χ0v) is 9.70. The topological polar surface area (TPSA) is 0 Å². The molecule has 0 amide bonds. The van der Waals surface area contributed by atoms with E-state index in [1.165, 1.54) is 6.07 Å². The summed E-state index contributed by atoms with van der Waals surface area (Å²) in [6.45, 7) is 1.91. The van der Waals surface area contributed by atoms with E-state index < -0.39 is 0 Å². The molecular weight excluding hydrogens is 254 g/mol. The van der Waals surface area contributed by atoms with Crippen molar-refractivity contribution in [1.29, 1.82) is 0 Å². The van der Waals surface area contributed by atoms with Crippen molar-refractivity contribution in [2.45, 2.75) is 25.1 Å². The first-order valence-corrected chi connectivity index (χ1v) is 5.40. The normalized spacial score (nSPS) is 12.9. The van der Waals surface area contributed by atoms with Gasteiger partial charge in [0.25, 0.3) is 0 Å². The van der Waals surface area contributed by atoms with Crippen LogP contribution in [0.4, 0.5) is 4.39 Å². The molecule has 0 aliphatic carbocycles. The molecule has 0 heterocycles. The quantitative estimate of drug-likeness (QED) is 0.720. The molecule has 0 spiro atoms. The molecule has 1 unspecified atom stereocenters. The Morgan fingerprint density at radius 2 is 2.23 bits per heavy atom. The first kappa shape index (κ1) is 11.0. The fourth-order valence-corrected chi connectivity index (χ4v) is 1.61. The van der Waals surface area contributed by atoms with Gasteiger partial charge in [0.2, 0.25) is 0 Å². The molecule has 0 fully saturated rings. The fraction of sp³-hybridized carbons (Fsp3) is 0.400. The second-order valence-electron chi connectivity index (χ2n) is 3.06. The first-order chi connectivity index (χ1) is 6.09. The summed E-state index contributed by atoms with van der Waals surface area (Å²) in [6.07, 6.45) is 1.49. The third-order valence-corrected chi connectivity index (χ3v) is 2.53. The van der Waals surface area contributed by atoms with Crippen LogP contribution in [0.25, 0.3) is 0 Å². The summed E-state index contributed by atoms with van der Waals surface area (Å²) in [5.41, 5.74) is 0.724. The van der Waals surface area contributed by atoms with E-state index in [1.807, 2.05) is 6.92 Å². The molecule has 0 N–H and O–H groups in total. The summed E-state index contributed by atoms with van der Waals surface area (Å²) in [4.78, 5) is 0. The van der Waals surface area contributed by atoms with Crippen LogP contribution in [0.15, 0.2) is 22.7 Å². The molecule has 0 nitrogen and oxygen atoms in total. The highest BCUT2D eigenvalue weighted by Gasteiger charge is 2.04. The molecule has 1 rings (SSSR count). The van der Waals surface area contributed by atoms with E-state index in [9.17, 15) is 4.39 Å². The summed E-state index contributed by atoms with van der Waals surface area (Å²) in [5, 5.41) is 0.0957. The van der Waals surface area contributed by atoms with Crippen LogP contribution in [0.2, 0.25) is 0 Å². The van der Waals surface area contributed by atoms with Gasteiger partial charge in [-0.05, 0) is 43.5 Å². The highest BCUT2D eigenvalue weighted by Crippen LogP contribution is 2.18. The number of alkyl halides is 1. The molecule has 1 atom stereocenters. The maximum Gasteiger partial charge on any atom is 0.126 e. The highest BCUT2D eigenvalue weighted by atomic mass is 79.9. The number of halogens is 3. The predicted molar refractivity (Wildman–Crippen MR) is 57.7 cm³/mol. The van der Waals surface area contributed by atoms with Crippen molar-refractivity contribution in [2.75, 3.05) is 0 Å². The Morgan fingerprint density at radius 3 is 2.85 bits per heavy atom. The zero-order chi connectivity index (χ0) is 9.84. The van der Waals surface area contributed by atoms with Gasteiger partial charge >= 0.3 is 0 Å². The van der Waals surface area contributed by atoms with Crippen LogP contribution in [-0.4, -0.2) is 5.38 Å². The molecule has 0 aliphatic rings. The smallest absolute Gasteiger partial charge is 0.126 e. The van der Waals surface area contributed by atoms with E-state index in [-0.39, 0.29) is 11.2 Å². The molecule has 0 aliphatic heterocycles. The SMILES string of the molecule is CC(Cl)CCc1cc(Br)ccc1F. The van der Waals surface area contributed by atoms with E-state index in [2.05, 4.69) is 15.9 Å². The van der Waals surface area contributed by atoms with Gasteiger partial charge in [-0.3, -0.25) is 0 Å². The van der Waals surface area contributed by atoms with Gasteiger partial charge in [-0.15, -0.1) is 11.6 Å². The minimum Gasteiger partial charge on any atom is -0.207 e. The third-order valence-electron chi connectivity index (χ3n) is 1.82. The van der Waals surface area contributed by atoms with Crippen molar-refractivity contribution in [3.05, 3.63) is 34.1 Å². The Morgan fingerprint density at radius 1 is 1.54 bits per heavy atom. The lowest BCUT2D eigenvalue weighted by Gasteiger charge is -2.04. The summed E-state index contributed by atoms with van der Waals surface area (Å²) >= 11 is 9.09. The van der Waals surface area contributed by atoms with Crippen molar-refractivity contribution in [2.24, 2.45) is 0 Å². The molecule has 0 aromatic heterocycles.